The Morgan fingerprint density at radius 3 is 2.44 bits per heavy atom. The molecule has 3 aromatic carbocycles. The van der Waals surface area contributed by atoms with E-state index < -0.39 is 22.9 Å². The summed E-state index contributed by atoms with van der Waals surface area (Å²) in [5.41, 5.74) is 3.15. The molecule has 0 bridgehead atoms. The van der Waals surface area contributed by atoms with Gasteiger partial charge in [-0.3, -0.25) is 14.3 Å². The number of thioether (sulfide) groups is 1. The minimum Gasteiger partial charge on any atom is -0.323 e. The number of nitrogens with zero attached hydrogens (tertiary/aromatic N) is 4. The van der Waals surface area contributed by atoms with Gasteiger partial charge in [0.25, 0.3) is 0 Å². The van der Waals surface area contributed by atoms with Gasteiger partial charge in [0.2, 0.25) is 5.91 Å². The molecule has 5 aromatic rings. The van der Waals surface area contributed by atoms with E-state index in [1.54, 1.807) is 42.7 Å². The van der Waals surface area contributed by atoms with Crippen molar-refractivity contribution in [3.8, 4) is 17.1 Å². The summed E-state index contributed by atoms with van der Waals surface area (Å²) in [6.07, 6.45) is -1.26. The lowest BCUT2D eigenvalue weighted by molar-refractivity contribution is -0.137. The third-order valence-electron chi connectivity index (χ3n) is 6.26. The number of anilines is 1. The van der Waals surface area contributed by atoms with Gasteiger partial charge >= 0.3 is 6.18 Å². The molecular weight excluding hydrogens is 571 g/mol. The lowest BCUT2D eigenvalue weighted by Crippen LogP contribution is -2.20. The van der Waals surface area contributed by atoms with Crippen LogP contribution in [-0.2, 0) is 11.0 Å². The molecule has 0 radical (unpaired) electrons. The van der Waals surface area contributed by atoms with Crippen LogP contribution < -0.4 is 5.32 Å². The third-order valence-corrected chi connectivity index (χ3v) is 7.79. The molecule has 2 aromatic heterocycles. The molecule has 0 spiro atoms. The standard InChI is InChI=1S/C30H23ClF3N5OS/c1-18-10-13-25(19(2)15-18)39-27(21-9-6-14-35-17-21)37-38-29(39)41-26(20-7-4-3-5-8-20)28(40)36-24-16-22(30(32,33)34)11-12-23(24)31/h3-17,26H,1-2H3,(H,36,40). The molecule has 5 rings (SSSR count). The maximum absolute atomic E-state index is 13.7. The van der Waals surface area contributed by atoms with Gasteiger partial charge in [-0.1, -0.05) is 71.4 Å². The molecule has 41 heavy (non-hydrogen) atoms. The van der Waals surface area contributed by atoms with Gasteiger partial charge in [0.15, 0.2) is 11.0 Å². The molecule has 1 unspecified atom stereocenters. The van der Waals surface area contributed by atoms with Crippen molar-refractivity contribution in [1.82, 2.24) is 19.7 Å². The first-order valence-electron chi connectivity index (χ1n) is 12.4. The summed E-state index contributed by atoms with van der Waals surface area (Å²) in [7, 11) is 0. The van der Waals surface area contributed by atoms with Crippen molar-refractivity contribution in [3.63, 3.8) is 0 Å². The van der Waals surface area contributed by atoms with Crippen molar-refractivity contribution < 1.29 is 18.0 Å². The molecular formula is C30H23ClF3N5OS. The molecule has 6 nitrogen and oxygen atoms in total. The number of carbonyl (C=O) groups is 1. The van der Waals surface area contributed by atoms with Crippen molar-refractivity contribution in [3.05, 3.63) is 119 Å². The number of aryl methyl sites for hydroxylation is 2. The highest BCUT2D eigenvalue weighted by molar-refractivity contribution is 8.00. The van der Waals surface area contributed by atoms with Gasteiger partial charge in [-0.2, -0.15) is 13.2 Å². The van der Waals surface area contributed by atoms with Crippen LogP contribution in [0.3, 0.4) is 0 Å². The average Bonchev–Trinajstić information content (AvgIpc) is 3.36. The van der Waals surface area contributed by atoms with Crippen molar-refractivity contribution in [2.75, 3.05) is 5.32 Å². The molecule has 0 saturated carbocycles. The Kier molecular flexibility index (Phi) is 8.14. The normalized spacial score (nSPS) is 12.2. The molecule has 1 amide bonds. The Morgan fingerprint density at radius 1 is 0.976 bits per heavy atom. The molecule has 11 heteroatoms. The molecule has 0 aliphatic rings. The number of amides is 1. The predicted molar refractivity (Wildman–Crippen MR) is 154 cm³/mol. The number of rotatable bonds is 7. The minimum absolute atomic E-state index is 0.0135. The fourth-order valence-corrected chi connectivity index (χ4v) is 5.52. The van der Waals surface area contributed by atoms with Crippen LogP contribution in [0.2, 0.25) is 5.02 Å². The van der Waals surface area contributed by atoms with Gasteiger partial charge in [-0.15, -0.1) is 10.2 Å². The van der Waals surface area contributed by atoms with Gasteiger partial charge in [0.1, 0.15) is 5.25 Å². The minimum atomic E-state index is -4.59. The van der Waals surface area contributed by atoms with E-state index in [9.17, 15) is 18.0 Å². The summed E-state index contributed by atoms with van der Waals surface area (Å²) in [5, 5.41) is 11.0. The molecule has 1 N–H and O–H groups in total. The van der Waals surface area contributed by atoms with E-state index in [-0.39, 0.29) is 10.7 Å². The van der Waals surface area contributed by atoms with Crippen LogP contribution in [0.25, 0.3) is 17.1 Å². The van der Waals surface area contributed by atoms with Crippen LogP contribution in [0.5, 0.6) is 0 Å². The van der Waals surface area contributed by atoms with Gasteiger partial charge in [0, 0.05) is 18.0 Å². The monoisotopic (exact) mass is 593 g/mol. The summed E-state index contributed by atoms with van der Waals surface area (Å²) < 4.78 is 42.0. The number of nitrogens with one attached hydrogen (secondary N) is 1. The maximum Gasteiger partial charge on any atom is 0.416 e. The molecule has 0 saturated heterocycles. The van der Waals surface area contributed by atoms with E-state index in [0.29, 0.717) is 16.5 Å². The highest BCUT2D eigenvalue weighted by Crippen LogP contribution is 2.40. The predicted octanol–water partition coefficient (Wildman–Crippen LogP) is 8.09. The SMILES string of the molecule is Cc1ccc(-n2c(SC(C(=O)Nc3cc(C(F)(F)F)ccc3Cl)c3ccccc3)nnc2-c2cccnc2)c(C)c1. The molecule has 208 valence electrons. The number of carbonyl (C=O) groups excluding carboxylic acids is 1. The van der Waals surface area contributed by atoms with Gasteiger partial charge in [0.05, 0.1) is 22.0 Å². The quantitative estimate of drug-likeness (QED) is 0.193. The second kappa shape index (κ2) is 11.8. The first kappa shape index (κ1) is 28.4. The third kappa shape index (κ3) is 6.28. The van der Waals surface area contributed by atoms with E-state index in [1.807, 2.05) is 48.7 Å². The number of alkyl halides is 3. The second-order valence-corrected chi connectivity index (χ2v) is 10.7. The Morgan fingerprint density at radius 2 is 1.76 bits per heavy atom. The van der Waals surface area contributed by atoms with Crippen LogP contribution in [0.1, 0.15) is 27.5 Å². The number of benzene rings is 3. The maximum atomic E-state index is 13.7. The van der Waals surface area contributed by atoms with Crippen LogP contribution >= 0.6 is 23.4 Å². The lowest BCUT2D eigenvalue weighted by Gasteiger charge is -2.19. The summed E-state index contributed by atoms with van der Waals surface area (Å²) in [5.74, 6) is -0.0405. The smallest absolute Gasteiger partial charge is 0.323 e. The number of hydrogen-bond acceptors (Lipinski definition) is 5. The van der Waals surface area contributed by atoms with E-state index in [2.05, 4.69) is 20.5 Å². The van der Waals surface area contributed by atoms with Crippen LogP contribution in [0, 0.1) is 13.8 Å². The average molecular weight is 594 g/mol. The summed E-state index contributed by atoms with van der Waals surface area (Å²) >= 11 is 7.31. The Labute approximate surface area is 243 Å². The highest BCUT2D eigenvalue weighted by atomic mass is 35.5. The van der Waals surface area contributed by atoms with Gasteiger partial charge in [-0.25, -0.2) is 0 Å². The van der Waals surface area contributed by atoms with Gasteiger partial charge in [-0.05, 0) is 61.4 Å². The van der Waals surface area contributed by atoms with Gasteiger partial charge < -0.3 is 5.32 Å². The van der Waals surface area contributed by atoms with E-state index in [1.165, 1.54) is 0 Å². The fraction of sp³-hybridized carbons (Fsp3) is 0.133. The number of hydrogen-bond donors (Lipinski definition) is 1. The van der Waals surface area contributed by atoms with E-state index in [4.69, 9.17) is 11.6 Å². The van der Waals surface area contributed by atoms with Crippen LogP contribution in [-0.4, -0.2) is 25.7 Å². The second-order valence-electron chi connectivity index (χ2n) is 9.26. The van der Waals surface area contributed by atoms with Crippen molar-refractivity contribution in [2.45, 2.75) is 30.4 Å². The largest absolute Gasteiger partial charge is 0.416 e. The van der Waals surface area contributed by atoms with E-state index in [0.717, 1.165) is 52.3 Å². The fourth-order valence-electron chi connectivity index (χ4n) is 4.30. The van der Waals surface area contributed by atoms with E-state index >= 15 is 0 Å². The lowest BCUT2D eigenvalue weighted by atomic mass is 10.1. The van der Waals surface area contributed by atoms with Crippen LogP contribution in [0.4, 0.5) is 18.9 Å². The summed E-state index contributed by atoms with van der Waals surface area (Å²) in [4.78, 5) is 17.9. The van der Waals surface area contributed by atoms with Crippen LogP contribution in [0.15, 0.2) is 96.4 Å². The van der Waals surface area contributed by atoms with Crippen molar-refractivity contribution in [2.24, 2.45) is 0 Å². The number of aromatic nitrogens is 4. The first-order chi connectivity index (χ1) is 19.6. The molecule has 0 aliphatic carbocycles. The molecule has 1 atom stereocenters. The van der Waals surface area contributed by atoms with Crippen molar-refractivity contribution in [1.29, 1.82) is 0 Å². The molecule has 0 fully saturated rings. The highest BCUT2D eigenvalue weighted by Gasteiger charge is 2.32. The Bertz CT molecular complexity index is 1690. The first-order valence-corrected chi connectivity index (χ1v) is 13.7. The Hall–Kier alpha value is -4.15. The summed E-state index contributed by atoms with van der Waals surface area (Å²) in [6.45, 7) is 3.97. The zero-order chi connectivity index (χ0) is 29.1. The molecule has 2 heterocycles. The molecule has 0 aliphatic heterocycles. The zero-order valence-electron chi connectivity index (χ0n) is 21.9. The topological polar surface area (TPSA) is 72.7 Å². The number of halogens is 4. The Balaban J connectivity index is 1.58. The van der Waals surface area contributed by atoms with Crippen molar-refractivity contribution >= 4 is 35.0 Å². The zero-order valence-corrected chi connectivity index (χ0v) is 23.4. The number of pyridine rings is 1. The summed E-state index contributed by atoms with van der Waals surface area (Å²) in [6, 6.07) is 21.3.